The fraction of sp³-hybridized carbons (Fsp3) is 0.100. The van der Waals surface area contributed by atoms with Gasteiger partial charge < -0.3 is 8.83 Å². The standard InChI is InChI=1S/C20H14F2N2O4S/c21-15-5-1-13(2-6-15)9-17-11-27-19(23-17)29(25,26)20-24-18(12-28-20)10-14-3-7-16(22)8-4-14/h1-8,11-12H,9-10H2. The summed E-state index contributed by atoms with van der Waals surface area (Å²) in [5, 5.41) is -1.07. The third-order valence-electron chi connectivity index (χ3n) is 4.12. The Morgan fingerprint density at radius 1 is 0.690 bits per heavy atom. The molecule has 0 saturated heterocycles. The maximum Gasteiger partial charge on any atom is 0.325 e. The minimum absolute atomic E-state index is 0.278. The monoisotopic (exact) mass is 416 g/mol. The summed E-state index contributed by atoms with van der Waals surface area (Å²) in [7, 11) is -4.17. The van der Waals surface area contributed by atoms with Gasteiger partial charge in [0.05, 0.1) is 11.4 Å². The zero-order chi connectivity index (χ0) is 20.4. The Morgan fingerprint density at radius 3 is 1.45 bits per heavy atom. The highest BCUT2D eigenvalue weighted by molar-refractivity contribution is 7.91. The van der Waals surface area contributed by atoms with E-state index < -0.39 is 20.3 Å². The fourth-order valence-electron chi connectivity index (χ4n) is 2.68. The molecule has 4 rings (SSSR count). The fourth-order valence-corrected chi connectivity index (χ4v) is 3.66. The molecule has 0 unspecified atom stereocenters. The number of aromatic nitrogens is 2. The van der Waals surface area contributed by atoms with E-state index in [1.54, 1.807) is 24.3 Å². The Hall–Kier alpha value is -3.33. The number of oxazole rings is 2. The van der Waals surface area contributed by atoms with Gasteiger partial charge in [-0.3, -0.25) is 0 Å². The average molecular weight is 416 g/mol. The molecule has 2 aromatic carbocycles. The maximum atomic E-state index is 13.0. The predicted molar refractivity (Wildman–Crippen MR) is 96.9 cm³/mol. The van der Waals surface area contributed by atoms with Crippen molar-refractivity contribution in [3.8, 4) is 0 Å². The first-order valence-electron chi connectivity index (χ1n) is 8.53. The summed E-state index contributed by atoms with van der Waals surface area (Å²) in [6.07, 6.45) is 3.00. The lowest BCUT2D eigenvalue weighted by Crippen LogP contribution is -2.04. The van der Waals surface area contributed by atoms with Gasteiger partial charge in [0.1, 0.15) is 24.2 Å². The summed E-state index contributed by atoms with van der Waals surface area (Å²) in [5.41, 5.74) is 2.24. The second-order valence-electron chi connectivity index (χ2n) is 6.32. The molecule has 9 heteroatoms. The lowest BCUT2D eigenvalue weighted by molar-refractivity contribution is 0.395. The number of hydrogen-bond acceptors (Lipinski definition) is 6. The van der Waals surface area contributed by atoms with Crippen molar-refractivity contribution >= 4 is 9.84 Å². The molecule has 0 atom stereocenters. The molecule has 2 heterocycles. The topological polar surface area (TPSA) is 86.2 Å². The molecule has 4 aromatic rings. The molecule has 0 radical (unpaired) electrons. The van der Waals surface area contributed by atoms with Gasteiger partial charge in [-0.1, -0.05) is 24.3 Å². The van der Waals surface area contributed by atoms with Gasteiger partial charge in [-0.15, -0.1) is 0 Å². The van der Waals surface area contributed by atoms with Gasteiger partial charge in [0.2, 0.25) is 0 Å². The molecule has 0 fully saturated rings. The van der Waals surface area contributed by atoms with Crippen LogP contribution in [-0.2, 0) is 22.7 Å². The van der Waals surface area contributed by atoms with Crippen LogP contribution in [0.15, 0.2) is 80.3 Å². The van der Waals surface area contributed by atoms with Crippen molar-refractivity contribution in [1.82, 2.24) is 9.97 Å². The van der Waals surface area contributed by atoms with E-state index in [9.17, 15) is 17.2 Å². The molecule has 0 aliphatic heterocycles. The van der Waals surface area contributed by atoms with Gasteiger partial charge in [0.15, 0.2) is 0 Å². The quantitative estimate of drug-likeness (QED) is 0.473. The maximum absolute atomic E-state index is 13.0. The number of rotatable bonds is 6. The van der Waals surface area contributed by atoms with E-state index in [1.165, 1.54) is 36.8 Å². The van der Waals surface area contributed by atoms with E-state index in [4.69, 9.17) is 8.83 Å². The minimum atomic E-state index is -4.17. The molecule has 2 aromatic heterocycles. The number of halogens is 2. The molecule has 0 aliphatic carbocycles. The van der Waals surface area contributed by atoms with Crippen LogP contribution < -0.4 is 0 Å². The Balaban J connectivity index is 1.51. The third kappa shape index (κ3) is 4.24. The molecule has 0 amide bonds. The lowest BCUT2D eigenvalue weighted by Gasteiger charge is -1.97. The molecule has 0 aliphatic rings. The largest absolute Gasteiger partial charge is 0.436 e. The van der Waals surface area contributed by atoms with E-state index in [1.807, 2.05) is 0 Å². The number of hydrogen-bond donors (Lipinski definition) is 0. The van der Waals surface area contributed by atoms with E-state index in [0.29, 0.717) is 11.4 Å². The van der Waals surface area contributed by atoms with Crippen molar-refractivity contribution < 1.29 is 26.0 Å². The van der Waals surface area contributed by atoms with E-state index >= 15 is 0 Å². The van der Waals surface area contributed by atoms with Crippen LogP contribution in [0.4, 0.5) is 8.78 Å². The highest BCUT2D eigenvalue weighted by Crippen LogP contribution is 2.22. The number of benzene rings is 2. The summed E-state index contributed by atoms with van der Waals surface area (Å²) in [5.74, 6) is -0.727. The van der Waals surface area contributed by atoms with Crippen molar-refractivity contribution in [2.45, 2.75) is 23.3 Å². The molecule has 29 heavy (non-hydrogen) atoms. The van der Waals surface area contributed by atoms with Crippen molar-refractivity contribution in [3.05, 3.63) is 95.2 Å². The smallest absolute Gasteiger partial charge is 0.325 e. The third-order valence-corrected chi connectivity index (χ3v) is 5.41. The van der Waals surface area contributed by atoms with Crippen molar-refractivity contribution in [2.24, 2.45) is 0 Å². The normalized spacial score (nSPS) is 11.7. The van der Waals surface area contributed by atoms with E-state index in [2.05, 4.69) is 9.97 Å². The van der Waals surface area contributed by atoms with Gasteiger partial charge in [-0.2, -0.15) is 0 Å². The van der Waals surface area contributed by atoms with Gasteiger partial charge in [-0.05, 0) is 35.4 Å². The van der Waals surface area contributed by atoms with Crippen LogP contribution >= 0.6 is 0 Å². The summed E-state index contributed by atoms with van der Waals surface area (Å²) < 4.78 is 61.5. The van der Waals surface area contributed by atoms with Crippen LogP contribution in [0.3, 0.4) is 0 Å². The Kier molecular flexibility index (Phi) is 4.98. The summed E-state index contributed by atoms with van der Waals surface area (Å²) in [6, 6.07) is 11.5. The zero-order valence-electron chi connectivity index (χ0n) is 14.9. The van der Waals surface area contributed by atoms with Gasteiger partial charge >= 0.3 is 20.3 Å². The lowest BCUT2D eigenvalue weighted by atomic mass is 10.1. The molecule has 0 spiro atoms. The van der Waals surface area contributed by atoms with Crippen molar-refractivity contribution in [2.75, 3.05) is 0 Å². The first-order valence-corrected chi connectivity index (χ1v) is 10.0. The van der Waals surface area contributed by atoms with Crippen molar-refractivity contribution in [1.29, 1.82) is 0 Å². The zero-order valence-corrected chi connectivity index (χ0v) is 15.7. The SMILES string of the molecule is O=S(=O)(c1nc(Cc2ccc(F)cc2)co1)c1nc(Cc2ccc(F)cc2)co1. The van der Waals surface area contributed by atoms with Crippen LogP contribution in [0.1, 0.15) is 22.5 Å². The first kappa shape index (κ1) is 19.0. The Morgan fingerprint density at radius 2 is 1.07 bits per heavy atom. The molecular formula is C20H14F2N2O4S. The highest BCUT2D eigenvalue weighted by Gasteiger charge is 2.29. The molecule has 6 nitrogen and oxygen atoms in total. The van der Waals surface area contributed by atoms with Crippen LogP contribution in [-0.4, -0.2) is 18.4 Å². The molecule has 0 saturated carbocycles. The van der Waals surface area contributed by atoms with Crippen LogP contribution in [0, 0.1) is 11.6 Å². The summed E-state index contributed by atoms with van der Waals surface area (Å²) in [6.45, 7) is 0. The first-order chi connectivity index (χ1) is 13.9. The summed E-state index contributed by atoms with van der Waals surface area (Å²) in [4.78, 5) is 7.98. The van der Waals surface area contributed by atoms with Gasteiger partial charge in [0.25, 0.3) is 0 Å². The molecule has 0 bridgehead atoms. The van der Waals surface area contributed by atoms with Crippen LogP contribution in [0.2, 0.25) is 0 Å². The second-order valence-corrected chi connectivity index (χ2v) is 8.02. The average Bonchev–Trinajstić information content (AvgIpc) is 3.36. The Bertz CT molecular complexity index is 1140. The van der Waals surface area contributed by atoms with Gasteiger partial charge in [0, 0.05) is 12.8 Å². The van der Waals surface area contributed by atoms with Gasteiger partial charge in [-0.25, -0.2) is 27.2 Å². The Labute approximate surface area is 164 Å². The number of sulfone groups is 1. The van der Waals surface area contributed by atoms with E-state index in [0.717, 1.165) is 11.1 Å². The number of nitrogens with zero attached hydrogens (tertiary/aromatic N) is 2. The highest BCUT2D eigenvalue weighted by atomic mass is 32.2. The second kappa shape index (κ2) is 7.59. The van der Waals surface area contributed by atoms with E-state index in [-0.39, 0.29) is 24.5 Å². The van der Waals surface area contributed by atoms with Crippen molar-refractivity contribution in [3.63, 3.8) is 0 Å². The molecular weight excluding hydrogens is 402 g/mol. The van der Waals surface area contributed by atoms with Crippen LogP contribution in [0.5, 0.6) is 0 Å². The summed E-state index contributed by atoms with van der Waals surface area (Å²) >= 11 is 0. The van der Waals surface area contributed by atoms with Crippen LogP contribution in [0.25, 0.3) is 0 Å². The minimum Gasteiger partial charge on any atom is -0.436 e. The predicted octanol–water partition coefficient (Wildman–Crippen LogP) is 3.96. The molecule has 0 N–H and O–H groups in total. The molecule has 148 valence electrons.